The molecule has 0 unspecified atom stereocenters. The van der Waals surface area contributed by atoms with Crippen molar-refractivity contribution < 1.29 is 22.4 Å². The normalized spacial score (nSPS) is 11.5. The predicted octanol–water partition coefficient (Wildman–Crippen LogP) is 2.51. The van der Waals surface area contributed by atoms with Gasteiger partial charge in [-0.25, -0.2) is 4.39 Å². The minimum atomic E-state index is -4.68. The molecule has 1 aromatic carbocycles. The molecule has 0 bridgehead atoms. The van der Waals surface area contributed by atoms with E-state index >= 15 is 0 Å². The molecule has 0 saturated heterocycles. The van der Waals surface area contributed by atoms with E-state index in [0.717, 1.165) is 12.1 Å². The molecule has 0 spiro atoms. The van der Waals surface area contributed by atoms with Crippen LogP contribution >= 0.6 is 0 Å². The van der Waals surface area contributed by atoms with E-state index in [0.29, 0.717) is 6.07 Å². The lowest BCUT2D eigenvalue weighted by Crippen LogP contribution is -2.24. The van der Waals surface area contributed by atoms with Crippen molar-refractivity contribution in [2.75, 3.05) is 0 Å². The molecule has 0 atom stereocenters. The van der Waals surface area contributed by atoms with Gasteiger partial charge >= 0.3 is 6.18 Å². The Bertz CT molecular complexity index is 664. The summed E-state index contributed by atoms with van der Waals surface area (Å²) in [7, 11) is 1.61. The van der Waals surface area contributed by atoms with Gasteiger partial charge < -0.3 is 5.32 Å². The Balaban J connectivity index is 2.15. The Hall–Kier alpha value is -2.38. The van der Waals surface area contributed by atoms with E-state index in [1.807, 2.05) is 0 Å². The largest absolute Gasteiger partial charge is 0.416 e. The number of rotatable bonds is 3. The molecule has 1 aromatic heterocycles. The summed E-state index contributed by atoms with van der Waals surface area (Å²) < 4.78 is 52.7. The average Bonchev–Trinajstić information content (AvgIpc) is 2.82. The first kappa shape index (κ1) is 15.0. The maximum Gasteiger partial charge on any atom is 0.416 e. The molecule has 2 rings (SSSR count). The summed E-state index contributed by atoms with van der Waals surface area (Å²) >= 11 is 0. The summed E-state index contributed by atoms with van der Waals surface area (Å²) in [5.41, 5.74) is -1.08. The van der Waals surface area contributed by atoms with Crippen LogP contribution in [0.25, 0.3) is 0 Å². The highest BCUT2D eigenvalue weighted by Crippen LogP contribution is 2.32. The highest BCUT2D eigenvalue weighted by molar-refractivity contribution is 5.93. The van der Waals surface area contributed by atoms with Crippen LogP contribution in [-0.2, 0) is 19.8 Å². The number of hydrogen-bond donors (Lipinski definition) is 1. The second kappa shape index (κ2) is 5.55. The standard InChI is InChI=1S/C13H11F4N3O/c1-20-7-9(6-19-20)12(21)18-5-8-2-3-10(14)4-11(8)13(15,16)17/h2-4,6-7H,5H2,1H3,(H,18,21). The number of carbonyl (C=O) groups excluding carboxylic acids is 1. The van der Waals surface area contributed by atoms with Gasteiger partial charge in [0, 0.05) is 19.8 Å². The third-order valence-electron chi connectivity index (χ3n) is 2.78. The number of nitrogens with zero attached hydrogens (tertiary/aromatic N) is 2. The van der Waals surface area contributed by atoms with Crippen LogP contribution in [0.15, 0.2) is 30.6 Å². The molecule has 1 heterocycles. The lowest BCUT2D eigenvalue weighted by molar-refractivity contribution is -0.138. The highest BCUT2D eigenvalue weighted by Gasteiger charge is 2.33. The first-order valence-electron chi connectivity index (χ1n) is 5.90. The van der Waals surface area contributed by atoms with E-state index in [4.69, 9.17) is 0 Å². The first-order chi connectivity index (χ1) is 9.77. The summed E-state index contributed by atoms with van der Waals surface area (Å²) in [5, 5.41) is 6.13. The zero-order valence-electron chi connectivity index (χ0n) is 10.9. The molecule has 1 amide bonds. The lowest BCUT2D eigenvalue weighted by Gasteiger charge is -2.13. The summed E-state index contributed by atoms with van der Waals surface area (Å²) in [6.45, 7) is -0.358. The van der Waals surface area contributed by atoms with Crippen LogP contribution < -0.4 is 5.32 Å². The molecular formula is C13H11F4N3O. The van der Waals surface area contributed by atoms with Crippen LogP contribution in [0.5, 0.6) is 0 Å². The number of alkyl halides is 3. The topological polar surface area (TPSA) is 46.9 Å². The fraction of sp³-hybridized carbons (Fsp3) is 0.231. The van der Waals surface area contributed by atoms with E-state index in [2.05, 4.69) is 10.4 Å². The number of aryl methyl sites for hydroxylation is 1. The number of aromatic nitrogens is 2. The fourth-order valence-electron chi connectivity index (χ4n) is 1.78. The van der Waals surface area contributed by atoms with E-state index in [-0.39, 0.29) is 17.7 Å². The van der Waals surface area contributed by atoms with Gasteiger partial charge in [-0.15, -0.1) is 0 Å². The van der Waals surface area contributed by atoms with Crippen molar-refractivity contribution in [3.8, 4) is 0 Å². The smallest absolute Gasteiger partial charge is 0.348 e. The van der Waals surface area contributed by atoms with Gasteiger partial charge in [-0.2, -0.15) is 18.3 Å². The number of amides is 1. The van der Waals surface area contributed by atoms with E-state index in [1.54, 1.807) is 7.05 Å². The van der Waals surface area contributed by atoms with Crippen molar-refractivity contribution in [3.63, 3.8) is 0 Å². The fourth-order valence-corrected chi connectivity index (χ4v) is 1.78. The Morgan fingerprint density at radius 1 is 1.38 bits per heavy atom. The quantitative estimate of drug-likeness (QED) is 0.886. The SMILES string of the molecule is Cn1cc(C(=O)NCc2ccc(F)cc2C(F)(F)F)cn1. The average molecular weight is 301 g/mol. The minimum Gasteiger partial charge on any atom is -0.348 e. The molecule has 0 aliphatic carbocycles. The predicted molar refractivity (Wildman–Crippen MR) is 65.8 cm³/mol. The highest BCUT2D eigenvalue weighted by atomic mass is 19.4. The Morgan fingerprint density at radius 3 is 2.67 bits per heavy atom. The van der Waals surface area contributed by atoms with E-state index in [9.17, 15) is 22.4 Å². The van der Waals surface area contributed by atoms with Crippen molar-refractivity contribution >= 4 is 5.91 Å². The minimum absolute atomic E-state index is 0.207. The van der Waals surface area contributed by atoms with Crippen molar-refractivity contribution in [2.45, 2.75) is 12.7 Å². The molecule has 0 radical (unpaired) electrons. The van der Waals surface area contributed by atoms with Gasteiger partial charge in [-0.05, 0) is 17.7 Å². The summed E-state index contributed by atoms with van der Waals surface area (Å²) in [6.07, 6.45) is -1.95. The van der Waals surface area contributed by atoms with Gasteiger partial charge in [0.05, 0.1) is 17.3 Å². The van der Waals surface area contributed by atoms with Crippen molar-refractivity contribution in [3.05, 3.63) is 53.1 Å². The Kier molecular flexibility index (Phi) is 3.97. The summed E-state index contributed by atoms with van der Waals surface area (Å²) in [6, 6.07) is 2.33. The van der Waals surface area contributed by atoms with Gasteiger partial charge in [-0.3, -0.25) is 9.48 Å². The molecule has 21 heavy (non-hydrogen) atoms. The molecule has 0 fully saturated rings. The molecule has 1 N–H and O–H groups in total. The third-order valence-corrected chi connectivity index (χ3v) is 2.78. The van der Waals surface area contributed by atoms with Crippen molar-refractivity contribution in [2.24, 2.45) is 7.05 Å². The molecule has 4 nitrogen and oxygen atoms in total. The number of hydrogen-bond acceptors (Lipinski definition) is 2. The number of halogens is 4. The summed E-state index contributed by atoms with van der Waals surface area (Å²) in [4.78, 5) is 11.7. The molecular weight excluding hydrogens is 290 g/mol. The zero-order chi connectivity index (χ0) is 15.6. The van der Waals surface area contributed by atoms with Crippen LogP contribution in [0.4, 0.5) is 17.6 Å². The van der Waals surface area contributed by atoms with Crippen LogP contribution in [0.3, 0.4) is 0 Å². The zero-order valence-corrected chi connectivity index (χ0v) is 10.9. The molecule has 0 aliphatic heterocycles. The summed E-state index contributed by atoms with van der Waals surface area (Å²) in [5.74, 6) is -1.54. The first-order valence-corrected chi connectivity index (χ1v) is 5.90. The van der Waals surface area contributed by atoms with Gasteiger partial charge in [0.15, 0.2) is 0 Å². The van der Waals surface area contributed by atoms with E-state index in [1.165, 1.54) is 17.1 Å². The van der Waals surface area contributed by atoms with Gasteiger partial charge in [0.2, 0.25) is 0 Å². The lowest BCUT2D eigenvalue weighted by atomic mass is 10.1. The van der Waals surface area contributed by atoms with Gasteiger partial charge in [-0.1, -0.05) is 6.07 Å². The monoisotopic (exact) mass is 301 g/mol. The van der Waals surface area contributed by atoms with Crippen LogP contribution in [0.2, 0.25) is 0 Å². The molecule has 2 aromatic rings. The Labute approximate surface area is 117 Å². The second-order valence-corrected chi connectivity index (χ2v) is 4.38. The maximum atomic E-state index is 12.9. The van der Waals surface area contributed by atoms with Gasteiger partial charge in [0.25, 0.3) is 5.91 Å². The van der Waals surface area contributed by atoms with Crippen molar-refractivity contribution in [1.29, 1.82) is 0 Å². The molecule has 8 heteroatoms. The second-order valence-electron chi connectivity index (χ2n) is 4.38. The van der Waals surface area contributed by atoms with E-state index < -0.39 is 23.5 Å². The van der Waals surface area contributed by atoms with Crippen molar-refractivity contribution in [1.82, 2.24) is 15.1 Å². The number of nitrogens with one attached hydrogen (secondary N) is 1. The number of benzene rings is 1. The Morgan fingerprint density at radius 2 is 2.10 bits per heavy atom. The van der Waals surface area contributed by atoms with Crippen LogP contribution in [0, 0.1) is 5.82 Å². The molecule has 0 aliphatic rings. The number of carbonyl (C=O) groups is 1. The van der Waals surface area contributed by atoms with Crippen LogP contribution in [0.1, 0.15) is 21.5 Å². The molecule has 0 saturated carbocycles. The van der Waals surface area contributed by atoms with Gasteiger partial charge in [0.1, 0.15) is 5.82 Å². The maximum absolute atomic E-state index is 12.9. The molecule has 112 valence electrons. The van der Waals surface area contributed by atoms with Crippen LogP contribution in [-0.4, -0.2) is 15.7 Å². The third kappa shape index (κ3) is 3.59.